The highest BCUT2D eigenvalue weighted by Gasteiger charge is 2.21. The number of thiophene rings is 1. The SMILES string of the molecule is Clc1cc2c(s1)CCCC2NCCn1cccn1. The topological polar surface area (TPSA) is 29.9 Å². The van der Waals surface area contributed by atoms with Crippen molar-refractivity contribution in [2.45, 2.75) is 31.8 Å². The Bertz CT molecular complexity index is 506. The minimum Gasteiger partial charge on any atom is -0.308 e. The molecule has 0 aliphatic heterocycles. The molecule has 0 bridgehead atoms. The number of fused-ring (bicyclic) bond motifs is 1. The summed E-state index contributed by atoms with van der Waals surface area (Å²) in [6, 6.07) is 4.55. The highest BCUT2D eigenvalue weighted by Crippen LogP contribution is 2.37. The zero-order valence-corrected chi connectivity index (χ0v) is 11.7. The maximum atomic E-state index is 6.11. The predicted octanol–water partition coefficient (Wildman–Crippen LogP) is 3.27. The minimum absolute atomic E-state index is 0.466. The molecule has 1 aliphatic carbocycles. The first-order valence-electron chi connectivity index (χ1n) is 6.32. The van der Waals surface area contributed by atoms with Crippen LogP contribution in [0.25, 0.3) is 0 Å². The predicted molar refractivity (Wildman–Crippen MR) is 75.2 cm³/mol. The number of nitrogens with zero attached hydrogens (tertiary/aromatic N) is 2. The van der Waals surface area contributed by atoms with E-state index in [1.807, 2.05) is 23.1 Å². The Hall–Kier alpha value is -0.840. The van der Waals surface area contributed by atoms with Crippen molar-refractivity contribution in [1.29, 1.82) is 0 Å². The maximum Gasteiger partial charge on any atom is 0.0934 e. The first kappa shape index (κ1) is 12.2. The lowest BCUT2D eigenvalue weighted by Gasteiger charge is -2.23. The standard InChI is InChI=1S/C13H16ClN3S/c14-13-9-10-11(3-1-4-12(10)18-13)15-6-8-17-7-2-5-16-17/h2,5,7,9,11,15H,1,3-4,6,8H2. The van der Waals surface area contributed by atoms with E-state index in [9.17, 15) is 0 Å². The van der Waals surface area contributed by atoms with Crippen LogP contribution in [0.4, 0.5) is 0 Å². The molecule has 0 saturated carbocycles. The van der Waals surface area contributed by atoms with Crippen LogP contribution in [0.15, 0.2) is 24.5 Å². The second-order valence-corrected chi connectivity index (χ2v) is 6.37. The van der Waals surface area contributed by atoms with Crippen LogP contribution in [0.2, 0.25) is 4.34 Å². The molecule has 0 fully saturated rings. The van der Waals surface area contributed by atoms with Gasteiger partial charge in [-0.05, 0) is 37.0 Å². The van der Waals surface area contributed by atoms with Gasteiger partial charge < -0.3 is 5.32 Å². The summed E-state index contributed by atoms with van der Waals surface area (Å²) < 4.78 is 2.87. The first-order chi connectivity index (χ1) is 8.83. The second-order valence-electron chi connectivity index (χ2n) is 4.60. The molecule has 3 rings (SSSR count). The lowest BCUT2D eigenvalue weighted by atomic mass is 9.94. The summed E-state index contributed by atoms with van der Waals surface area (Å²) in [5.41, 5.74) is 1.41. The molecule has 0 radical (unpaired) electrons. The van der Waals surface area contributed by atoms with E-state index in [2.05, 4.69) is 16.5 Å². The van der Waals surface area contributed by atoms with Gasteiger partial charge in [0, 0.05) is 29.9 Å². The maximum absolute atomic E-state index is 6.11. The van der Waals surface area contributed by atoms with Gasteiger partial charge in [0.05, 0.1) is 10.9 Å². The number of nitrogens with one attached hydrogen (secondary N) is 1. The van der Waals surface area contributed by atoms with Crippen LogP contribution in [0.5, 0.6) is 0 Å². The summed E-state index contributed by atoms with van der Waals surface area (Å²) in [5.74, 6) is 0. The quantitative estimate of drug-likeness (QED) is 0.932. The zero-order valence-electron chi connectivity index (χ0n) is 10.1. The molecule has 0 saturated heterocycles. The van der Waals surface area contributed by atoms with Crippen LogP contribution >= 0.6 is 22.9 Å². The molecule has 0 spiro atoms. The van der Waals surface area contributed by atoms with Gasteiger partial charge in [-0.2, -0.15) is 5.10 Å². The molecule has 5 heteroatoms. The Labute approximate surface area is 116 Å². The highest BCUT2D eigenvalue weighted by atomic mass is 35.5. The monoisotopic (exact) mass is 281 g/mol. The van der Waals surface area contributed by atoms with Gasteiger partial charge in [-0.25, -0.2) is 0 Å². The van der Waals surface area contributed by atoms with Crippen molar-refractivity contribution in [1.82, 2.24) is 15.1 Å². The Kier molecular flexibility index (Phi) is 3.68. The van der Waals surface area contributed by atoms with E-state index in [0.29, 0.717) is 6.04 Å². The Balaban J connectivity index is 1.60. The summed E-state index contributed by atoms with van der Waals surface area (Å²) in [6.45, 7) is 1.86. The van der Waals surface area contributed by atoms with Crippen LogP contribution in [-0.2, 0) is 13.0 Å². The van der Waals surface area contributed by atoms with E-state index in [1.165, 1.54) is 29.7 Å². The van der Waals surface area contributed by atoms with Crippen LogP contribution < -0.4 is 5.32 Å². The van der Waals surface area contributed by atoms with Crippen molar-refractivity contribution < 1.29 is 0 Å². The third kappa shape index (κ3) is 2.60. The van der Waals surface area contributed by atoms with Crippen LogP contribution in [0.3, 0.4) is 0 Å². The second kappa shape index (κ2) is 5.43. The molecule has 18 heavy (non-hydrogen) atoms. The number of rotatable bonds is 4. The van der Waals surface area contributed by atoms with E-state index in [0.717, 1.165) is 17.4 Å². The van der Waals surface area contributed by atoms with E-state index in [1.54, 1.807) is 11.3 Å². The minimum atomic E-state index is 0.466. The van der Waals surface area contributed by atoms with Crippen LogP contribution in [0.1, 0.15) is 29.3 Å². The van der Waals surface area contributed by atoms with Gasteiger partial charge in [0.1, 0.15) is 0 Å². The van der Waals surface area contributed by atoms with E-state index >= 15 is 0 Å². The third-order valence-corrected chi connectivity index (χ3v) is 4.71. The number of hydrogen-bond acceptors (Lipinski definition) is 3. The Morgan fingerprint density at radius 1 is 1.56 bits per heavy atom. The molecule has 0 aromatic carbocycles. The van der Waals surface area contributed by atoms with Crippen molar-refractivity contribution in [3.63, 3.8) is 0 Å². The summed E-state index contributed by atoms with van der Waals surface area (Å²) in [7, 11) is 0. The fraction of sp³-hybridized carbons (Fsp3) is 0.462. The van der Waals surface area contributed by atoms with Crippen LogP contribution in [0, 0.1) is 0 Å². The average molecular weight is 282 g/mol. The van der Waals surface area contributed by atoms with Gasteiger partial charge in [-0.1, -0.05) is 11.6 Å². The fourth-order valence-electron chi connectivity index (χ4n) is 2.52. The molecular weight excluding hydrogens is 266 g/mol. The molecule has 2 heterocycles. The van der Waals surface area contributed by atoms with Gasteiger partial charge in [0.25, 0.3) is 0 Å². The molecule has 1 atom stereocenters. The van der Waals surface area contributed by atoms with Gasteiger partial charge in [0.15, 0.2) is 0 Å². The summed E-state index contributed by atoms with van der Waals surface area (Å²) in [5, 5.41) is 7.82. The molecule has 1 aliphatic rings. The smallest absolute Gasteiger partial charge is 0.0934 e. The van der Waals surface area contributed by atoms with Crippen LogP contribution in [-0.4, -0.2) is 16.3 Å². The Morgan fingerprint density at radius 3 is 3.33 bits per heavy atom. The van der Waals surface area contributed by atoms with Crippen molar-refractivity contribution in [3.8, 4) is 0 Å². The van der Waals surface area contributed by atoms with E-state index in [4.69, 9.17) is 11.6 Å². The number of hydrogen-bond donors (Lipinski definition) is 1. The number of aryl methyl sites for hydroxylation is 1. The largest absolute Gasteiger partial charge is 0.308 e. The fourth-order valence-corrected chi connectivity index (χ4v) is 3.90. The van der Waals surface area contributed by atoms with Gasteiger partial charge in [0.2, 0.25) is 0 Å². The molecule has 2 aromatic rings. The van der Waals surface area contributed by atoms with Crippen molar-refractivity contribution >= 4 is 22.9 Å². The lowest BCUT2D eigenvalue weighted by molar-refractivity contribution is 0.440. The summed E-state index contributed by atoms with van der Waals surface area (Å²) in [4.78, 5) is 1.46. The van der Waals surface area contributed by atoms with Gasteiger partial charge in [-0.15, -0.1) is 11.3 Å². The van der Waals surface area contributed by atoms with E-state index in [-0.39, 0.29) is 0 Å². The lowest BCUT2D eigenvalue weighted by Crippen LogP contribution is -2.27. The van der Waals surface area contributed by atoms with Crippen molar-refractivity contribution in [2.75, 3.05) is 6.54 Å². The average Bonchev–Trinajstić information content (AvgIpc) is 2.97. The molecule has 2 aromatic heterocycles. The van der Waals surface area contributed by atoms with E-state index < -0.39 is 0 Å². The normalized spacial score (nSPS) is 18.8. The van der Waals surface area contributed by atoms with Gasteiger partial charge >= 0.3 is 0 Å². The molecular formula is C13H16ClN3S. The number of halogens is 1. The van der Waals surface area contributed by atoms with Crippen molar-refractivity contribution in [2.24, 2.45) is 0 Å². The molecule has 1 unspecified atom stereocenters. The Morgan fingerprint density at radius 2 is 2.50 bits per heavy atom. The molecule has 0 amide bonds. The summed E-state index contributed by atoms with van der Waals surface area (Å²) >= 11 is 7.84. The molecule has 1 N–H and O–H groups in total. The third-order valence-electron chi connectivity index (χ3n) is 3.37. The van der Waals surface area contributed by atoms with Crippen molar-refractivity contribution in [3.05, 3.63) is 39.3 Å². The first-order valence-corrected chi connectivity index (χ1v) is 7.51. The molecule has 96 valence electrons. The highest BCUT2D eigenvalue weighted by molar-refractivity contribution is 7.16. The van der Waals surface area contributed by atoms with Gasteiger partial charge in [-0.3, -0.25) is 4.68 Å². The number of aromatic nitrogens is 2. The summed E-state index contributed by atoms with van der Waals surface area (Å²) in [6.07, 6.45) is 7.46. The zero-order chi connectivity index (χ0) is 12.4. The molecule has 3 nitrogen and oxygen atoms in total.